The number of tetrazole rings is 1. The molecule has 0 aromatic carbocycles. The third-order valence-corrected chi connectivity index (χ3v) is 1.29. The SMILES string of the molecule is C[C@H](CC(=O)O)n1cnnn1. The molecule has 0 fully saturated rings. The van der Waals surface area contributed by atoms with Crippen LogP contribution in [0.5, 0.6) is 0 Å². The van der Waals surface area contributed by atoms with E-state index in [1.165, 1.54) is 11.0 Å². The van der Waals surface area contributed by atoms with Crippen LogP contribution in [0.3, 0.4) is 0 Å². The van der Waals surface area contributed by atoms with Gasteiger partial charge in [0.2, 0.25) is 0 Å². The molecule has 0 bridgehead atoms. The number of hydrogen-bond donors (Lipinski definition) is 1. The second-order valence-corrected chi connectivity index (χ2v) is 2.24. The lowest BCUT2D eigenvalue weighted by Gasteiger charge is -2.05. The van der Waals surface area contributed by atoms with Crippen molar-refractivity contribution in [3.63, 3.8) is 0 Å². The summed E-state index contributed by atoms with van der Waals surface area (Å²) in [5.41, 5.74) is 0. The molecule has 6 heteroatoms. The van der Waals surface area contributed by atoms with Gasteiger partial charge in [-0.2, -0.15) is 0 Å². The number of aromatic nitrogens is 4. The topological polar surface area (TPSA) is 80.9 Å². The summed E-state index contributed by atoms with van der Waals surface area (Å²) in [6, 6.07) is -0.192. The maximum Gasteiger partial charge on any atom is 0.305 e. The minimum atomic E-state index is -0.854. The van der Waals surface area contributed by atoms with E-state index in [1.54, 1.807) is 6.92 Å². The Morgan fingerprint density at radius 1 is 1.82 bits per heavy atom. The molecular weight excluding hydrogens is 148 g/mol. The minimum absolute atomic E-state index is 0.0328. The number of carboxylic acids is 1. The summed E-state index contributed by atoms with van der Waals surface area (Å²) in [7, 11) is 0. The largest absolute Gasteiger partial charge is 0.481 e. The van der Waals surface area contributed by atoms with E-state index in [2.05, 4.69) is 15.5 Å². The Labute approximate surface area is 62.8 Å². The smallest absolute Gasteiger partial charge is 0.305 e. The second kappa shape index (κ2) is 3.09. The fraction of sp³-hybridized carbons (Fsp3) is 0.600. The lowest BCUT2D eigenvalue weighted by Crippen LogP contribution is -2.10. The molecule has 1 aromatic heterocycles. The lowest BCUT2D eigenvalue weighted by molar-refractivity contribution is -0.137. The van der Waals surface area contributed by atoms with E-state index < -0.39 is 5.97 Å². The monoisotopic (exact) mass is 156 g/mol. The molecule has 0 radical (unpaired) electrons. The molecule has 0 aliphatic carbocycles. The summed E-state index contributed by atoms with van der Waals surface area (Å²) in [6.07, 6.45) is 1.43. The zero-order valence-corrected chi connectivity index (χ0v) is 6.01. The molecule has 0 aliphatic heterocycles. The highest BCUT2D eigenvalue weighted by atomic mass is 16.4. The summed E-state index contributed by atoms with van der Waals surface area (Å²) in [5, 5.41) is 18.7. The first-order valence-electron chi connectivity index (χ1n) is 3.14. The molecule has 60 valence electrons. The maximum atomic E-state index is 10.2. The molecule has 0 saturated carbocycles. The number of nitrogens with zero attached hydrogens (tertiary/aromatic N) is 4. The van der Waals surface area contributed by atoms with Crippen LogP contribution in [0.4, 0.5) is 0 Å². The third kappa shape index (κ3) is 1.99. The van der Waals surface area contributed by atoms with Gasteiger partial charge in [0, 0.05) is 0 Å². The maximum absolute atomic E-state index is 10.2. The van der Waals surface area contributed by atoms with Gasteiger partial charge in [0.25, 0.3) is 0 Å². The van der Waals surface area contributed by atoms with Crippen molar-refractivity contribution in [2.45, 2.75) is 19.4 Å². The Morgan fingerprint density at radius 2 is 2.55 bits per heavy atom. The van der Waals surface area contributed by atoms with E-state index >= 15 is 0 Å². The summed E-state index contributed by atoms with van der Waals surface area (Å²) >= 11 is 0. The number of rotatable bonds is 3. The van der Waals surface area contributed by atoms with E-state index in [0.29, 0.717) is 0 Å². The predicted molar refractivity (Wildman–Crippen MR) is 34.8 cm³/mol. The van der Waals surface area contributed by atoms with Crippen molar-refractivity contribution in [2.24, 2.45) is 0 Å². The van der Waals surface area contributed by atoms with Crippen molar-refractivity contribution in [3.05, 3.63) is 6.33 Å². The van der Waals surface area contributed by atoms with Gasteiger partial charge in [0.15, 0.2) is 0 Å². The molecule has 0 unspecified atom stereocenters. The molecule has 1 atom stereocenters. The van der Waals surface area contributed by atoms with Gasteiger partial charge in [-0.1, -0.05) is 0 Å². The highest BCUT2D eigenvalue weighted by Gasteiger charge is 2.09. The Hall–Kier alpha value is -1.46. The molecule has 1 aromatic rings. The quantitative estimate of drug-likeness (QED) is 0.650. The van der Waals surface area contributed by atoms with Crippen LogP contribution in [0.25, 0.3) is 0 Å². The van der Waals surface area contributed by atoms with Gasteiger partial charge in [0.1, 0.15) is 6.33 Å². The van der Waals surface area contributed by atoms with Crippen molar-refractivity contribution in [1.29, 1.82) is 0 Å². The molecule has 0 amide bonds. The molecule has 1 rings (SSSR count). The molecule has 0 saturated heterocycles. The van der Waals surface area contributed by atoms with E-state index in [0.717, 1.165) is 0 Å². The van der Waals surface area contributed by atoms with Crippen LogP contribution in [0, 0.1) is 0 Å². The number of carbonyl (C=O) groups is 1. The highest BCUT2D eigenvalue weighted by Crippen LogP contribution is 2.05. The molecule has 11 heavy (non-hydrogen) atoms. The second-order valence-electron chi connectivity index (χ2n) is 2.24. The Balaban J connectivity index is 2.56. The highest BCUT2D eigenvalue weighted by molar-refractivity contribution is 5.67. The van der Waals surface area contributed by atoms with Crippen LogP contribution in [-0.4, -0.2) is 31.3 Å². The number of carboxylic acid groups (broad SMARTS) is 1. The molecule has 0 aliphatic rings. The summed E-state index contributed by atoms with van der Waals surface area (Å²) in [6.45, 7) is 1.74. The Kier molecular flexibility index (Phi) is 2.15. The van der Waals surface area contributed by atoms with Crippen molar-refractivity contribution in [1.82, 2.24) is 20.2 Å². The van der Waals surface area contributed by atoms with Crippen LogP contribution in [0.15, 0.2) is 6.33 Å². The zero-order chi connectivity index (χ0) is 8.27. The van der Waals surface area contributed by atoms with Gasteiger partial charge in [-0.25, -0.2) is 4.68 Å². The fourth-order valence-corrected chi connectivity index (χ4v) is 0.717. The van der Waals surface area contributed by atoms with Crippen molar-refractivity contribution in [3.8, 4) is 0 Å². The van der Waals surface area contributed by atoms with Crippen LogP contribution in [0.1, 0.15) is 19.4 Å². The van der Waals surface area contributed by atoms with Crippen molar-refractivity contribution in [2.75, 3.05) is 0 Å². The van der Waals surface area contributed by atoms with Crippen LogP contribution < -0.4 is 0 Å². The predicted octanol–water partition coefficient (Wildman–Crippen LogP) is -0.291. The van der Waals surface area contributed by atoms with Gasteiger partial charge in [-0.3, -0.25) is 4.79 Å². The first kappa shape index (κ1) is 7.64. The average Bonchev–Trinajstić information content (AvgIpc) is 2.35. The molecule has 1 N–H and O–H groups in total. The zero-order valence-electron chi connectivity index (χ0n) is 6.01. The lowest BCUT2D eigenvalue weighted by atomic mass is 10.2. The van der Waals surface area contributed by atoms with Crippen LogP contribution in [0.2, 0.25) is 0 Å². The van der Waals surface area contributed by atoms with Crippen molar-refractivity contribution >= 4 is 5.97 Å². The van der Waals surface area contributed by atoms with Gasteiger partial charge in [-0.15, -0.1) is 5.10 Å². The van der Waals surface area contributed by atoms with E-state index in [-0.39, 0.29) is 12.5 Å². The average molecular weight is 156 g/mol. The molecular formula is C5H8N4O2. The van der Waals surface area contributed by atoms with E-state index in [9.17, 15) is 4.79 Å². The third-order valence-electron chi connectivity index (χ3n) is 1.29. The van der Waals surface area contributed by atoms with Crippen LogP contribution >= 0.6 is 0 Å². The van der Waals surface area contributed by atoms with Crippen molar-refractivity contribution < 1.29 is 9.90 Å². The van der Waals surface area contributed by atoms with Crippen LogP contribution in [-0.2, 0) is 4.79 Å². The van der Waals surface area contributed by atoms with Gasteiger partial charge in [-0.05, 0) is 17.4 Å². The molecule has 6 nitrogen and oxygen atoms in total. The van der Waals surface area contributed by atoms with Gasteiger partial charge >= 0.3 is 5.97 Å². The van der Waals surface area contributed by atoms with E-state index in [1.807, 2.05) is 0 Å². The summed E-state index contributed by atoms with van der Waals surface area (Å²) < 4.78 is 1.41. The number of hydrogen-bond acceptors (Lipinski definition) is 4. The van der Waals surface area contributed by atoms with Gasteiger partial charge < -0.3 is 5.11 Å². The summed E-state index contributed by atoms with van der Waals surface area (Å²) in [4.78, 5) is 10.2. The van der Waals surface area contributed by atoms with E-state index in [4.69, 9.17) is 5.11 Å². The molecule has 1 heterocycles. The normalized spacial score (nSPS) is 12.8. The van der Waals surface area contributed by atoms with Gasteiger partial charge in [0.05, 0.1) is 12.5 Å². The number of aliphatic carboxylic acids is 1. The first-order chi connectivity index (χ1) is 5.20. The minimum Gasteiger partial charge on any atom is -0.481 e. The standard InChI is InChI=1S/C5H8N4O2/c1-4(2-5(10)11)9-3-6-7-8-9/h3-4H,2H2,1H3,(H,10,11)/t4-/m1/s1. The summed E-state index contributed by atoms with van der Waals surface area (Å²) in [5.74, 6) is -0.854. The molecule has 0 spiro atoms. The fourth-order valence-electron chi connectivity index (χ4n) is 0.717. The Morgan fingerprint density at radius 3 is 3.00 bits per heavy atom. The first-order valence-corrected chi connectivity index (χ1v) is 3.14. The Bertz CT molecular complexity index is 233.